The number of aromatic nitrogens is 2. The van der Waals surface area contributed by atoms with Crippen molar-refractivity contribution in [2.75, 3.05) is 18.0 Å². The van der Waals surface area contributed by atoms with Crippen LogP contribution in [0.3, 0.4) is 0 Å². The van der Waals surface area contributed by atoms with Gasteiger partial charge in [-0.1, -0.05) is 6.07 Å². The van der Waals surface area contributed by atoms with Gasteiger partial charge < -0.3 is 19.8 Å². The number of ether oxygens (including phenoxy) is 1. The first-order chi connectivity index (χ1) is 10.2. The summed E-state index contributed by atoms with van der Waals surface area (Å²) in [5.74, 6) is 1.10. The Morgan fingerprint density at radius 1 is 1.33 bits per heavy atom. The minimum atomic E-state index is 0.126. The van der Waals surface area contributed by atoms with E-state index in [1.807, 2.05) is 12.1 Å². The van der Waals surface area contributed by atoms with E-state index in [9.17, 15) is 0 Å². The molecule has 112 valence electrons. The van der Waals surface area contributed by atoms with E-state index in [1.54, 1.807) is 0 Å². The van der Waals surface area contributed by atoms with Gasteiger partial charge in [0.25, 0.3) is 0 Å². The molecule has 4 heterocycles. The lowest BCUT2D eigenvalue weighted by Crippen LogP contribution is -2.43. The van der Waals surface area contributed by atoms with Crippen molar-refractivity contribution in [3.8, 4) is 0 Å². The summed E-state index contributed by atoms with van der Waals surface area (Å²) >= 11 is 0. The molecule has 0 amide bonds. The normalized spacial score (nSPS) is 26.5. The molecule has 0 aromatic carbocycles. The lowest BCUT2D eigenvalue weighted by Gasteiger charge is -2.33. The SMILES string of the molecule is CC(N)Cc1c(N2CC3CCC(C2)O3)nc2ccccn12. The molecule has 0 saturated carbocycles. The van der Waals surface area contributed by atoms with Gasteiger partial charge in [-0.15, -0.1) is 0 Å². The molecule has 3 atom stereocenters. The number of nitrogens with zero attached hydrogens (tertiary/aromatic N) is 3. The largest absolute Gasteiger partial charge is 0.371 e. The molecule has 0 spiro atoms. The first-order valence-corrected chi connectivity index (χ1v) is 7.82. The maximum atomic E-state index is 6.06. The molecule has 3 unspecified atom stereocenters. The minimum Gasteiger partial charge on any atom is -0.371 e. The second-order valence-electron chi connectivity index (χ2n) is 6.35. The molecule has 2 aliphatic heterocycles. The van der Waals surface area contributed by atoms with Crippen LogP contribution in [-0.4, -0.2) is 40.7 Å². The van der Waals surface area contributed by atoms with Crippen LogP contribution in [0.5, 0.6) is 0 Å². The Labute approximate surface area is 124 Å². The number of anilines is 1. The minimum absolute atomic E-state index is 0.126. The van der Waals surface area contributed by atoms with Crippen molar-refractivity contribution in [1.29, 1.82) is 0 Å². The first-order valence-electron chi connectivity index (χ1n) is 7.82. The maximum Gasteiger partial charge on any atom is 0.151 e. The number of imidazole rings is 1. The molecule has 2 bridgehead atoms. The second-order valence-corrected chi connectivity index (χ2v) is 6.35. The van der Waals surface area contributed by atoms with Crippen molar-refractivity contribution in [1.82, 2.24) is 9.38 Å². The highest BCUT2D eigenvalue weighted by atomic mass is 16.5. The summed E-state index contributed by atoms with van der Waals surface area (Å²) in [5, 5.41) is 0. The monoisotopic (exact) mass is 286 g/mol. The second kappa shape index (κ2) is 5.00. The third kappa shape index (κ3) is 2.30. The number of pyridine rings is 1. The summed E-state index contributed by atoms with van der Waals surface area (Å²) in [7, 11) is 0. The Balaban J connectivity index is 1.76. The highest BCUT2D eigenvalue weighted by molar-refractivity contribution is 5.56. The molecular formula is C16H22N4O. The Kier molecular flexibility index (Phi) is 3.12. The average Bonchev–Trinajstić information content (AvgIpc) is 2.99. The van der Waals surface area contributed by atoms with Crippen LogP contribution in [0.1, 0.15) is 25.5 Å². The molecule has 2 saturated heterocycles. The highest BCUT2D eigenvalue weighted by Crippen LogP contribution is 2.31. The summed E-state index contributed by atoms with van der Waals surface area (Å²) in [6.07, 6.45) is 6.02. The predicted molar refractivity (Wildman–Crippen MR) is 82.7 cm³/mol. The molecule has 2 N–H and O–H groups in total. The van der Waals surface area contributed by atoms with E-state index in [1.165, 1.54) is 18.5 Å². The fraction of sp³-hybridized carbons (Fsp3) is 0.562. The fourth-order valence-corrected chi connectivity index (χ4v) is 3.57. The van der Waals surface area contributed by atoms with Gasteiger partial charge in [-0.25, -0.2) is 4.98 Å². The van der Waals surface area contributed by atoms with Gasteiger partial charge in [-0.2, -0.15) is 0 Å². The van der Waals surface area contributed by atoms with Crippen molar-refractivity contribution in [2.45, 2.75) is 44.4 Å². The number of hydrogen-bond donors (Lipinski definition) is 1. The van der Waals surface area contributed by atoms with Crippen LogP contribution in [0.4, 0.5) is 5.82 Å². The van der Waals surface area contributed by atoms with Crippen LogP contribution < -0.4 is 10.6 Å². The van der Waals surface area contributed by atoms with Crippen molar-refractivity contribution < 1.29 is 4.74 Å². The summed E-state index contributed by atoms with van der Waals surface area (Å²) in [4.78, 5) is 7.26. The van der Waals surface area contributed by atoms with Crippen LogP contribution in [-0.2, 0) is 11.2 Å². The van der Waals surface area contributed by atoms with Crippen molar-refractivity contribution >= 4 is 11.5 Å². The van der Waals surface area contributed by atoms with E-state index < -0.39 is 0 Å². The molecule has 2 aliphatic rings. The van der Waals surface area contributed by atoms with Crippen LogP contribution in [0.15, 0.2) is 24.4 Å². The first kappa shape index (κ1) is 13.1. The zero-order valence-electron chi connectivity index (χ0n) is 12.4. The van der Waals surface area contributed by atoms with Crippen LogP contribution in [0, 0.1) is 0 Å². The topological polar surface area (TPSA) is 55.8 Å². The van der Waals surface area contributed by atoms with Crippen LogP contribution >= 0.6 is 0 Å². The van der Waals surface area contributed by atoms with E-state index in [0.29, 0.717) is 12.2 Å². The Morgan fingerprint density at radius 3 is 2.81 bits per heavy atom. The molecule has 2 fully saturated rings. The molecule has 0 aliphatic carbocycles. The number of rotatable bonds is 3. The number of nitrogens with two attached hydrogens (primary N) is 1. The zero-order chi connectivity index (χ0) is 14.4. The van der Waals surface area contributed by atoms with Crippen LogP contribution in [0.2, 0.25) is 0 Å². The molecule has 2 aromatic rings. The molecule has 0 radical (unpaired) electrons. The smallest absolute Gasteiger partial charge is 0.151 e. The maximum absolute atomic E-state index is 6.06. The summed E-state index contributed by atoms with van der Waals surface area (Å²) in [6, 6.07) is 6.27. The predicted octanol–water partition coefficient (Wildman–Crippen LogP) is 1.59. The summed E-state index contributed by atoms with van der Waals surface area (Å²) in [6.45, 7) is 3.95. The summed E-state index contributed by atoms with van der Waals surface area (Å²) < 4.78 is 8.12. The molecule has 5 nitrogen and oxygen atoms in total. The van der Waals surface area contributed by atoms with Gasteiger partial charge in [-0.3, -0.25) is 0 Å². The third-order valence-electron chi connectivity index (χ3n) is 4.47. The van der Waals surface area contributed by atoms with Gasteiger partial charge >= 0.3 is 0 Å². The van der Waals surface area contributed by atoms with E-state index in [-0.39, 0.29) is 6.04 Å². The van der Waals surface area contributed by atoms with Crippen molar-refractivity contribution in [2.24, 2.45) is 5.73 Å². The Morgan fingerprint density at radius 2 is 2.10 bits per heavy atom. The number of hydrogen-bond acceptors (Lipinski definition) is 4. The van der Waals surface area contributed by atoms with Crippen molar-refractivity contribution in [3.63, 3.8) is 0 Å². The van der Waals surface area contributed by atoms with Gasteiger partial charge in [-0.05, 0) is 31.9 Å². The van der Waals surface area contributed by atoms with Gasteiger partial charge in [0.05, 0.1) is 17.9 Å². The van der Waals surface area contributed by atoms with Gasteiger partial charge in [0.2, 0.25) is 0 Å². The molecular weight excluding hydrogens is 264 g/mol. The van der Waals surface area contributed by atoms with E-state index >= 15 is 0 Å². The van der Waals surface area contributed by atoms with Gasteiger partial charge in [0.15, 0.2) is 5.82 Å². The van der Waals surface area contributed by atoms with Crippen molar-refractivity contribution in [3.05, 3.63) is 30.1 Å². The lowest BCUT2D eigenvalue weighted by atomic mass is 10.1. The molecule has 21 heavy (non-hydrogen) atoms. The fourth-order valence-electron chi connectivity index (χ4n) is 3.57. The van der Waals surface area contributed by atoms with E-state index in [0.717, 1.165) is 31.0 Å². The van der Waals surface area contributed by atoms with E-state index in [4.69, 9.17) is 15.5 Å². The third-order valence-corrected chi connectivity index (χ3v) is 4.47. The zero-order valence-corrected chi connectivity index (χ0v) is 12.4. The quantitative estimate of drug-likeness (QED) is 0.931. The Bertz CT molecular complexity index is 639. The number of fused-ring (bicyclic) bond motifs is 3. The Hall–Kier alpha value is -1.59. The van der Waals surface area contributed by atoms with Gasteiger partial charge in [0.1, 0.15) is 5.65 Å². The molecule has 2 aromatic heterocycles. The van der Waals surface area contributed by atoms with Crippen LogP contribution in [0.25, 0.3) is 5.65 Å². The summed E-state index contributed by atoms with van der Waals surface area (Å²) in [5.41, 5.74) is 8.28. The standard InChI is InChI=1S/C16H22N4O/c1-11(17)8-14-16(18-15-4-2-3-7-20(14)15)19-9-12-5-6-13(10-19)21-12/h2-4,7,11-13H,5-6,8-10,17H2,1H3. The molecule has 4 rings (SSSR count). The average molecular weight is 286 g/mol. The van der Waals surface area contributed by atoms with E-state index in [2.05, 4.69) is 28.5 Å². The van der Waals surface area contributed by atoms with Gasteiger partial charge in [0, 0.05) is 31.7 Å². The lowest BCUT2D eigenvalue weighted by molar-refractivity contribution is 0.0302. The molecule has 5 heteroatoms. The highest BCUT2D eigenvalue weighted by Gasteiger charge is 2.35. The number of morpholine rings is 1.